The van der Waals surface area contributed by atoms with Gasteiger partial charge < -0.3 is 0 Å². The molecule has 0 spiro atoms. The Morgan fingerprint density at radius 2 is 2.00 bits per heavy atom. The molecule has 16 heavy (non-hydrogen) atoms. The lowest BCUT2D eigenvalue weighted by Crippen LogP contribution is -2.49. The van der Waals surface area contributed by atoms with Gasteiger partial charge in [0.25, 0.3) is 0 Å². The molecule has 0 N–H and O–H groups in total. The van der Waals surface area contributed by atoms with Crippen LogP contribution in [0.3, 0.4) is 0 Å². The van der Waals surface area contributed by atoms with E-state index in [1.54, 1.807) is 5.57 Å². The van der Waals surface area contributed by atoms with Crippen molar-refractivity contribution in [3.63, 3.8) is 0 Å². The number of rotatable bonds is 1. The summed E-state index contributed by atoms with van der Waals surface area (Å²) >= 11 is 0. The van der Waals surface area contributed by atoms with Gasteiger partial charge in [0.15, 0.2) is 0 Å². The Kier molecular flexibility index (Phi) is 2.97. The number of hydrogen-bond acceptors (Lipinski definition) is 0. The lowest BCUT2D eigenvalue weighted by molar-refractivity contribution is -0.0515. The van der Waals surface area contributed by atoms with Crippen LogP contribution in [0.1, 0.15) is 66.2 Å². The molecule has 0 amide bonds. The topological polar surface area (TPSA) is 0 Å². The molecule has 0 aromatic heterocycles. The molecule has 0 aromatic rings. The first kappa shape index (κ1) is 12.2. The van der Waals surface area contributed by atoms with Gasteiger partial charge in [-0.15, -0.1) is 0 Å². The van der Waals surface area contributed by atoms with E-state index in [1.807, 2.05) is 0 Å². The van der Waals surface area contributed by atoms with E-state index in [2.05, 4.69) is 34.3 Å². The van der Waals surface area contributed by atoms with Gasteiger partial charge in [0.2, 0.25) is 0 Å². The second-order valence-corrected chi connectivity index (χ2v) is 6.76. The zero-order chi connectivity index (χ0) is 12.0. The van der Waals surface area contributed by atoms with Crippen LogP contribution >= 0.6 is 0 Å². The molecule has 2 rings (SSSR count). The summed E-state index contributed by atoms with van der Waals surface area (Å²) in [5, 5.41) is 0. The molecule has 0 unspecified atom stereocenters. The summed E-state index contributed by atoms with van der Waals surface area (Å²) in [5.74, 6) is 1.77. The van der Waals surface area contributed by atoms with Gasteiger partial charge in [-0.3, -0.25) is 0 Å². The zero-order valence-electron chi connectivity index (χ0n) is 11.6. The molecule has 92 valence electrons. The Morgan fingerprint density at radius 1 is 1.31 bits per heavy atom. The average Bonchev–Trinajstić information content (AvgIpc) is 2.27. The maximum Gasteiger partial charge on any atom is -0.00854 e. The molecule has 4 atom stereocenters. The average molecular weight is 220 g/mol. The normalized spacial score (nSPS) is 48.9. The highest BCUT2D eigenvalue weighted by atomic mass is 14.6. The van der Waals surface area contributed by atoms with Gasteiger partial charge in [-0.2, -0.15) is 0 Å². The molecule has 2 fully saturated rings. The maximum absolute atomic E-state index is 4.40. The molecule has 0 bridgehead atoms. The van der Waals surface area contributed by atoms with Gasteiger partial charge in [0.05, 0.1) is 0 Å². The van der Waals surface area contributed by atoms with Crippen molar-refractivity contribution in [2.45, 2.75) is 66.2 Å². The highest BCUT2D eigenvalue weighted by molar-refractivity contribution is 5.18. The molecule has 0 heterocycles. The first-order valence-corrected chi connectivity index (χ1v) is 7.13. The van der Waals surface area contributed by atoms with Crippen molar-refractivity contribution >= 4 is 0 Å². The minimum absolute atomic E-state index is 0.454. The fourth-order valence-corrected chi connectivity index (χ4v) is 4.56. The van der Waals surface area contributed by atoms with E-state index in [0.717, 1.165) is 11.8 Å². The second kappa shape index (κ2) is 3.89. The van der Waals surface area contributed by atoms with Gasteiger partial charge in [-0.05, 0) is 54.8 Å². The third-order valence-corrected chi connectivity index (χ3v) is 6.33. The van der Waals surface area contributed by atoms with Crippen molar-refractivity contribution in [1.29, 1.82) is 0 Å². The fourth-order valence-electron chi connectivity index (χ4n) is 4.56. The van der Waals surface area contributed by atoms with Crippen LogP contribution in [0.5, 0.6) is 0 Å². The largest absolute Gasteiger partial charge is 0.0993 e. The van der Waals surface area contributed by atoms with E-state index in [9.17, 15) is 0 Å². The van der Waals surface area contributed by atoms with Crippen molar-refractivity contribution in [2.24, 2.45) is 22.7 Å². The second-order valence-electron chi connectivity index (χ2n) is 6.76. The summed E-state index contributed by atoms with van der Waals surface area (Å²) in [5.41, 5.74) is 2.56. The van der Waals surface area contributed by atoms with Gasteiger partial charge >= 0.3 is 0 Å². The van der Waals surface area contributed by atoms with Crippen molar-refractivity contribution in [3.8, 4) is 0 Å². The Balaban J connectivity index is 2.37. The standard InChI is InChI=1S/C16H28/c1-6-15(4)13(3)10-11-16(5)12(2)8-7-9-14(15)16/h13-14H,2,6-11H2,1,3-5H3/t13-,14-,15+,16-/m0/s1. The van der Waals surface area contributed by atoms with Gasteiger partial charge in [-0.1, -0.05) is 46.3 Å². The Bertz CT molecular complexity index is 290. The van der Waals surface area contributed by atoms with Gasteiger partial charge in [-0.25, -0.2) is 0 Å². The molecule has 0 aliphatic heterocycles. The quantitative estimate of drug-likeness (QED) is 0.533. The molecular weight excluding hydrogens is 192 g/mol. The summed E-state index contributed by atoms with van der Waals surface area (Å²) in [4.78, 5) is 0. The fraction of sp³-hybridized carbons (Fsp3) is 0.875. The number of hydrogen-bond donors (Lipinski definition) is 0. The highest BCUT2D eigenvalue weighted by Crippen LogP contribution is 2.62. The van der Waals surface area contributed by atoms with E-state index in [1.165, 1.54) is 38.5 Å². The van der Waals surface area contributed by atoms with Gasteiger partial charge in [0.1, 0.15) is 0 Å². The van der Waals surface area contributed by atoms with Crippen LogP contribution in [-0.4, -0.2) is 0 Å². The Labute approximate surface area is 102 Å². The highest BCUT2D eigenvalue weighted by Gasteiger charge is 2.52. The van der Waals surface area contributed by atoms with E-state index >= 15 is 0 Å². The monoisotopic (exact) mass is 220 g/mol. The van der Waals surface area contributed by atoms with Crippen molar-refractivity contribution < 1.29 is 0 Å². The molecule has 0 aromatic carbocycles. The van der Waals surface area contributed by atoms with Crippen molar-refractivity contribution in [3.05, 3.63) is 12.2 Å². The van der Waals surface area contributed by atoms with Crippen LogP contribution in [0.4, 0.5) is 0 Å². The Morgan fingerprint density at radius 3 is 2.62 bits per heavy atom. The van der Waals surface area contributed by atoms with Crippen LogP contribution in [0, 0.1) is 22.7 Å². The minimum Gasteiger partial charge on any atom is -0.0993 e. The summed E-state index contributed by atoms with van der Waals surface area (Å²) in [6.07, 6.45) is 8.21. The van der Waals surface area contributed by atoms with Crippen LogP contribution < -0.4 is 0 Å². The predicted octanol–water partition coefficient (Wildman–Crippen LogP) is 5.20. The third kappa shape index (κ3) is 1.49. The van der Waals surface area contributed by atoms with Gasteiger partial charge in [0, 0.05) is 0 Å². The van der Waals surface area contributed by atoms with Crippen LogP contribution in [0.15, 0.2) is 12.2 Å². The predicted molar refractivity (Wildman–Crippen MR) is 71.4 cm³/mol. The van der Waals surface area contributed by atoms with Crippen molar-refractivity contribution in [1.82, 2.24) is 0 Å². The van der Waals surface area contributed by atoms with E-state index in [0.29, 0.717) is 10.8 Å². The summed E-state index contributed by atoms with van der Waals surface area (Å²) in [6.45, 7) is 14.3. The summed E-state index contributed by atoms with van der Waals surface area (Å²) < 4.78 is 0. The van der Waals surface area contributed by atoms with E-state index in [4.69, 9.17) is 0 Å². The molecule has 0 heteroatoms. The SMILES string of the molecule is C=C1CCC[C@H]2[C@](C)(CC)[C@@H](C)CC[C@@]12C. The number of fused-ring (bicyclic) bond motifs is 1. The van der Waals surface area contributed by atoms with Crippen molar-refractivity contribution in [2.75, 3.05) is 0 Å². The minimum atomic E-state index is 0.454. The summed E-state index contributed by atoms with van der Waals surface area (Å²) in [7, 11) is 0. The maximum atomic E-state index is 4.40. The Hall–Kier alpha value is -0.260. The number of allylic oxidation sites excluding steroid dienone is 1. The molecular formula is C16H28. The summed E-state index contributed by atoms with van der Waals surface area (Å²) in [6, 6.07) is 0. The smallest absolute Gasteiger partial charge is 0.00854 e. The van der Waals surface area contributed by atoms with Crippen LogP contribution in [-0.2, 0) is 0 Å². The van der Waals surface area contributed by atoms with Crippen LogP contribution in [0.2, 0.25) is 0 Å². The zero-order valence-corrected chi connectivity index (χ0v) is 11.6. The third-order valence-electron chi connectivity index (χ3n) is 6.33. The molecule has 0 saturated heterocycles. The molecule has 2 aliphatic carbocycles. The van der Waals surface area contributed by atoms with E-state index in [-0.39, 0.29) is 0 Å². The first-order valence-electron chi connectivity index (χ1n) is 7.13. The molecule has 2 saturated carbocycles. The van der Waals surface area contributed by atoms with E-state index < -0.39 is 0 Å². The molecule has 0 nitrogen and oxygen atoms in total. The first-order chi connectivity index (χ1) is 7.45. The lowest BCUT2D eigenvalue weighted by atomic mass is 9.46. The van der Waals surface area contributed by atoms with Crippen LogP contribution in [0.25, 0.3) is 0 Å². The lowest BCUT2D eigenvalue weighted by Gasteiger charge is -2.58. The molecule has 2 aliphatic rings. The molecule has 0 radical (unpaired) electrons.